The second-order valence-electron chi connectivity index (χ2n) is 3.91. The highest BCUT2D eigenvalue weighted by Gasteiger charge is 2.34. The fourth-order valence-corrected chi connectivity index (χ4v) is 3.04. The molecule has 0 aliphatic carbocycles. The van der Waals surface area contributed by atoms with Crippen molar-refractivity contribution in [3.05, 3.63) is 29.0 Å². The summed E-state index contributed by atoms with van der Waals surface area (Å²) in [6.45, 7) is 0. The van der Waals surface area contributed by atoms with Gasteiger partial charge in [-0.1, -0.05) is 11.6 Å². The number of nitrogens with zero attached hydrogens (tertiary/aromatic N) is 1. The van der Waals surface area contributed by atoms with E-state index in [4.69, 9.17) is 16.7 Å². The quantitative estimate of drug-likeness (QED) is 0.880. The zero-order chi connectivity index (χ0) is 14.0. The lowest BCUT2D eigenvalue weighted by Crippen LogP contribution is -2.43. The predicted molar refractivity (Wildman–Crippen MR) is 71.0 cm³/mol. The number of carboxylic acid groups (broad SMARTS) is 1. The maximum atomic E-state index is 13.1. The van der Waals surface area contributed by atoms with Crippen LogP contribution in [-0.2, 0) is 4.79 Å². The molecule has 0 unspecified atom stereocenters. The van der Waals surface area contributed by atoms with Crippen LogP contribution in [0.4, 0.5) is 14.9 Å². The first kappa shape index (κ1) is 14.0. The Labute approximate surface area is 117 Å². The summed E-state index contributed by atoms with van der Waals surface area (Å²) in [7, 11) is 0. The zero-order valence-electron chi connectivity index (χ0n) is 9.60. The van der Waals surface area contributed by atoms with Gasteiger partial charge in [0.25, 0.3) is 0 Å². The Bertz CT molecular complexity index is 508. The molecular weight excluding hydrogens is 295 g/mol. The molecule has 0 saturated carbocycles. The number of carbonyl (C=O) groups is 2. The molecule has 1 saturated heterocycles. The van der Waals surface area contributed by atoms with Crippen molar-refractivity contribution in [2.45, 2.75) is 6.04 Å². The van der Waals surface area contributed by atoms with Gasteiger partial charge in [0.15, 0.2) is 0 Å². The van der Waals surface area contributed by atoms with Crippen molar-refractivity contribution in [1.29, 1.82) is 0 Å². The lowest BCUT2D eigenvalue weighted by Gasteiger charge is -2.20. The Balaban J connectivity index is 2.10. The highest BCUT2D eigenvalue weighted by atomic mass is 35.5. The summed E-state index contributed by atoms with van der Waals surface area (Å²) in [5, 5.41) is 11.6. The summed E-state index contributed by atoms with van der Waals surface area (Å²) in [6, 6.07) is 2.17. The minimum atomic E-state index is -1.06. The van der Waals surface area contributed by atoms with E-state index in [1.165, 1.54) is 22.7 Å². The molecule has 0 aromatic heterocycles. The molecule has 0 spiro atoms. The van der Waals surface area contributed by atoms with Crippen LogP contribution >= 0.6 is 23.4 Å². The van der Waals surface area contributed by atoms with E-state index in [9.17, 15) is 14.0 Å². The van der Waals surface area contributed by atoms with E-state index in [0.717, 1.165) is 12.1 Å². The molecule has 1 heterocycles. The lowest BCUT2D eigenvalue weighted by atomic mass is 10.3. The summed E-state index contributed by atoms with van der Waals surface area (Å²) >= 11 is 7.02. The van der Waals surface area contributed by atoms with Gasteiger partial charge in [0, 0.05) is 16.5 Å². The Morgan fingerprint density at radius 1 is 1.47 bits per heavy atom. The molecule has 19 heavy (non-hydrogen) atoms. The number of amides is 2. The van der Waals surface area contributed by atoms with Crippen LogP contribution in [0.3, 0.4) is 0 Å². The lowest BCUT2D eigenvalue weighted by molar-refractivity contribution is -0.140. The number of carbonyl (C=O) groups excluding carboxylic acids is 1. The van der Waals surface area contributed by atoms with E-state index in [-0.39, 0.29) is 16.6 Å². The molecule has 5 nitrogen and oxygen atoms in total. The maximum absolute atomic E-state index is 13.1. The zero-order valence-corrected chi connectivity index (χ0v) is 11.2. The molecule has 1 aliphatic rings. The largest absolute Gasteiger partial charge is 0.480 e. The van der Waals surface area contributed by atoms with E-state index in [1.807, 2.05) is 0 Å². The van der Waals surface area contributed by atoms with E-state index in [2.05, 4.69) is 5.32 Å². The number of carboxylic acids is 1. The summed E-state index contributed by atoms with van der Waals surface area (Å²) in [4.78, 5) is 24.1. The Kier molecular flexibility index (Phi) is 4.16. The van der Waals surface area contributed by atoms with Gasteiger partial charge in [-0.15, -0.1) is 11.8 Å². The van der Waals surface area contributed by atoms with E-state index in [0.29, 0.717) is 5.75 Å². The summed E-state index contributed by atoms with van der Waals surface area (Å²) in [5.74, 6) is -1.01. The van der Waals surface area contributed by atoms with Crippen LogP contribution in [0.15, 0.2) is 18.2 Å². The van der Waals surface area contributed by atoms with Crippen molar-refractivity contribution in [2.24, 2.45) is 0 Å². The number of halogens is 2. The van der Waals surface area contributed by atoms with Gasteiger partial charge in [-0.05, 0) is 18.2 Å². The second-order valence-corrected chi connectivity index (χ2v) is 5.35. The van der Waals surface area contributed by atoms with Gasteiger partial charge in [0.1, 0.15) is 11.9 Å². The van der Waals surface area contributed by atoms with E-state index in [1.54, 1.807) is 0 Å². The van der Waals surface area contributed by atoms with Crippen LogP contribution in [0.1, 0.15) is 0 Å². The topological polar surface area (TPSA) is 69.6 Å². The molecule has 0 radical (unpaired) electrons. The Morgan fingerprint density at radius 2 is 2.21 bits per heavy atom. The number of benzene rings is 1. The SMILES string of the molecule is O=C(O)[C@@H]1CSCN1C(=O)Nc1cc(F)cc(Cl)c1. The monoisotopic (exact) mass is 304 g/mol. The first-order chi connectivity index (χ1) is 8.97. The number of rotatable bonds is 2. The number of anilines is 1. The summed E-state index contributed by atoms with van der Waals surface area (Å²) in [6.07, 6.45) is 0. The van der Waals surface area contributed by atoms with E-state index < -0.39 is 23.9 Å². The molecule has 2 rings (SSSR count). The highest BCUT2D eigenvalue weighted by Crippen LogP contribution is 2.23. The molecule has 2 amide bonds. The number of thioether (sulfide) groups is 1. The molecule has 0 bridgehead atoms. The molecular formula is C11H10ClFN2O3S. The predicted octanol–water partition coefficient (Wildman–Crippen LogP) is 2.47. The third-order valence-electron chi connectivity index (χ3n) is 2.54. The van der Waals surface area contributed by atoms with Crippen LogP contribution in [0, 0.1) is 5.82 Å². The smallest absolute Gasteiger partial charge is 0.327 e. The normalized spacial score (nSPS) is 18.4. The van der Waals surface area contributed by atoms with Crippen LogP contribution in [-0.4, -0.2) is 39.7 Å². The summed E-state index contributed by atoms with van der Waals surface area (Å²) in [5.41, 5.74) is 0.191. The molecule has 1 fully saturated rings. The van der Waals surface area contributed by atoms with Crippen molar-refractivity contribution in [3.63, 3.8) is 0 Å². The number of nitrogens with one attached hydrogen (secondary N) is 1. The number of aliphatic carboxylic acids is 1. The maximum Gasteiger partial charge on any atom is 0.327 e. The van der Waals surface area contributed by atoms with Gasteiger partial charge >= 0.3 is 12.0 Å². The van der Waals surface area contributed by atoms with Crippen molar-refractivity contribution in [2.75, 3.05) is 16.9 Å². The third-order valence-corrected chi connectivity index (χ3v) is 3.77. The van der Waals surface area contributed by atoms with Crippen molar-refractivity contribution in [3.8, 4) is 0 Å². The minimum Gasteiger partial charge on any atom is -0.480 e. The molecule has 8 heteroatoms. The van der Waals surface area contributed by atoms with Crippen LogP contribution in [0.25, 0.3) is 0 Å². The highest BCUT2D eigenvalue weighted by molar-refractivity contribution is 7.99. The molecule has 1 atom stereocenters. The van der Waals surface area contributed by atoms with Gasteiger partial charge in [-0.2, -0.15) is 0 Å². The number of hydrogen-bond acceptors (Lipinski definition) is 3. The average Bonchev–Trinajstić information content (AvgIpc) is 2.75. The first-order valence-corrected chi connectivity index (χ1v) is 6.85. The Hall–Kier alpha value is -1.47. The molecule has 1 aliphatic heterocycles. The van der Waals surface area contributed by atoms with Gasteiger partial charge in [0.2, 0.25) is 0 Å². The second kappa shape index (κ2) is 5.66. The number of hydrogen-bond donors (Lipinski definition) is 2. The summed E-state index contributed by atoms with van der Waals surface area (Å²) < 4.78 is 13.1. The third kappa shape index (κ3) is 3.30. The van der Waals surface area contributed by atoms with Crippen LogP contribution < -0.4 is 5.32 Å². The van der Waals surface area contributed by atoms with Crippen LogP contribution in [0.5, 0.6) is 0 Å². The fraction of sp³-hybridized carbons (Fsp3) is 0.273. The Morgan fingerprint density at radius 3 is 2.84 bits per heavy atom. The van der Waals surface area contributed by atoms with Crippen molar-refractivity contribution < 1.29 is 19.1 Å². The van der Waals surface area contributed by atoms with Crippen molar-refractivity contribution >= 4 is 41.1 Å². The average molecular weight is 305 g/mol. The first-order valence-electron chi connectivity index (χ1n) is 5.31. The molecule has 102 valence electrons. The van der Waals surface area contributed by atoms with Crippen LogP contribution in [0.2, 0.25) is 5.02 Å². The van der Waals surface area contributed by atoms with E-state index >= 15 is 0 Å². The molecule has 2 N–H and O–H groups in total. The van der Waals surface area contributed by atoms with Gasteiger partial charge in [-0.3, -0.25) is 0 Å². The van der Waals surface area contributed by atoms with Crippen molar-refractivity contribution in [1.82, 2.24) is 4.90 Å². The van der Waals surface area contributed by atoms with Gasteiger partial charge < -0.3 is 15.3 Å². The minimum absolute atomic E-state index is 0.154. The van der Waals surface area contributed by atoms with Gasteiger partial charge in [0.05, 0.1) is 5.88 Å². The number of urea groups is 1. The standard InChI is InChI=1S/C11H10ClFN2O3S/c12-6-1-7(13)3-8(2-6)14-11(18)15-5-19-4-9(15)10(16)17/h1-3,9H,4-5H2,(H,14,18)(H,16,17)/t9-/m0/s1. The molecule has 1 aromatic rings. The van der Waals surface area contributed by atoms with Gasteiger partial charge in [-0.25, -0.2) is 14.0 Å². The molecule has 1 aromatic carbocycles. The fourth-order valence-electron chi connectivity index (χ4n) is 1.67.